The topological polar surface area (TPSA) is 49.7 Å². The molecule has 0 saturated carbocycles. The lowest BCUT2D eigenvalue weighted by Crippen LogP contribution is -1.98. The summed E-state index contributed by atoms with van der Waals surface area (Å²) in [6.07, 6.45) is 1.51. The minimum Gasteiger partial charge on any atom is -0.478 e. The Morgan fingerprint density at radius 1 is 1.42 bits per heavy atom. The van der Waals surface area contributed by atoms with E-state index >= 15 is 0 Å². The Kier molecular flexibility index (Phi) is 3.97. The second-order valence-corrected chi connectivity index (χ2v) is 2.62. The third-order valence-corrected chi connectivity index (χ3v) is 1.13. The number of hydrogen-bond donors (Lipinski definition) is 1. The molecule has 0 radical (unpaired) electrons. The first-order chi connectivity index (χ1) is 5.43. The van der Waals surface area contributed by atoms with Gasteiger partial charge >= 0.3 is 5.97 Å². The van der Waals surface area contributed by atoms with Crippen molar-refractivity contribution in [1.29, 1.82) is 0 Å². The number of aliphatic carboxylic acids is 1. The monoisotopic (exact) mass is 167 g/mol. The van der Waals surface area contributed by atoms with Crippen LogP contribution in [0.15, 0.2) is 28.9 Å². The maximum atomic E-state index is 10.4. The van der Waals surface area contributed by atoms with E-state index < -0.39 is 5.97 Å². The lowest BCUT2D eigenvalue weighted by Gasteiger charge is -1.94. The van der Waals surface area contributed by atoms with Gasteiger partial charge in [-0.15, -0.1) is 0 Å². The van der Waals surface area contributed by atoms with Gasteiger partial charge in [0.1, 0.15) is 0 Å². The first-order valence-corrected chi connectivity index (χ1v) is 3.56. The van der Waals surface area contributed by atoms with Crippen molar-refractivity contribution >= 4 is 11.7 Å². The van der Waals surface area contributed by atoms with Crippen molar-refractivity contribution in [1.82, 2.24) is 0 Å². The molecule has 66 valence electrons. The number of nitrogens with zero attached hydrogens (tertiary/aromatic N) is 1. The van der Waals surface area contributed by atoms with Gasteiger partial charge < -0.3 is 5.11 Å². The predicted molar refractivity (Wildman–Crippen MR) is 49.3 cm³/mol. The molecular formula is C9H13NO2. The van der Waals surface area contributed by atoms with Crippen molar-refractivity contribution in [2.24, 2.45) is 4.99 Å². The van der Waals surface area contributed by atoms with Crippen molar-refractivity contribution in [3.8, 4) is 0 Å². The van der Waals surface area contributed by atoms with Gasteiger partial charge in [0.05, 0.1) is 0 Å². The van der Waals surface area contributed by atoms with Gasteiger partial charge in [-0.2, -0.15) is 0 Å². The molecule has 0 aromatic rings. The predicted octanol–water partition coefficient (Wildman–Crippen LogP) is 2.01. The molecule has 3 heteroatoms. The lowest BCUT2D eigenvalue weighted by molar-refractivity contribution is -0.132. The minimum atomic E-state index is -0.925. The summed E-state index contributed by atoms with van der Waals surface area (Å²) in [6.45, 7) is 8.61. The van der Waals surface area contributed by atoms with Gasteiger partial charge in [-0.25, -0.2) is 4.79 Å². The maximum absolute atomic E-state index is 10.4. The Hall–Kier alpha value is -1.38. The van der Waals surface area contributed by atoms with Crippen molar-refractivity contribution in [3.05, 3.63) is 23.9 Å². The van der Waals surface area contributed by atoms with E-state index in [4.69, 9.17) is 5.11 Å². The second kappa shape index (κ2) is 4.49. The SMILES string of the molecule is C=C(C)N=C(C)/C=C(\C)C(=O)O. The highest BCUT2D eigenvalue weighted by Crippen LogP contribution is 1.97. The van der Waals surface area contributed by atoms with Crippen molar-refractivity contribution < 1.29 is 9.90 Å². The molecule has 0 fully saturated rings. The molecule has 0 aliphatic heterocycles. The van der Waals surface area contributed by atoms with Crippen LogP contribution < -0.4 is 0 Å². The molecule has 0 spiro atoms. The zero-order chi connectivity index (χ0) is 9.72. The largest absolute Gasteiger partial charge is 0.478 e. The molecule has 0 amide bonds. The van der Waals surface area contributed by atoms with Crippen LogP contribution >= 0.6 is 0 Å². The summed E-state index contributed by atoms with van der Waals surface area (Å²) in [5.74, 6) is -0.925. The van der Waals surface area contributed by atoms with Gasteiger partial charge in [0.25, 0.3) is 0 Å². The molecule has 0 unspecified atom stereocenters. The molecule has 1 N–H and O–H groups in total. The smallest absolute Gasteiger partial charge is 0.331 e. The number of rotatable bonds is 3. The number of hydrogen-bond acceptors (Lipinski definition) is 2. The van der Waals surface area contributed by atoms with Crippen LogP contribution in [0.3, 0.4) is 0 Å². The Bertz CT molecular complexity index is 262. The molecule has 0 heterocycles. The molecule has 0 saturated heterocycles. The molecule has 0 aliphatic carbocycles. The van der Waals surface area contributed by atoms with Gasteiger partial charge in [-0.3, -0.25) is 4.99 Å². The minimum absolute atomic E-state index is 0.275. The van der Waals surface area contributed by atoms with Crippen LogP contribution in [0.1, 0.15) is 20.8 Å². The van der Waals surface area contributed by atoms with E-state index in [1.54, 1.807) is 13.8 Å². The maximum Gasteiger partial charge on any atom is 0.331 e. The lowest BCUT2D eigenvalue weighted by atomic mass is 10.2. The van der Waals surface area contributed by atoms with Crippen LogP contribution in [0.25, 0.3) is 0 Å². The Morgan fingerprint density at radius 3 is 2.25 bits per heavy atom. The highest BCUT2D eigenvalue weighted by atomic mass is 16.4. The molecule has 0 aromatic carbocycles. The Labute approximate surface area is 72.1 Å². The number of carbonyl (C=O) groups is 1. The fourth-order valence-electron chi connectivity index (χ4n) is 0.708. The number of carboxylic acid groups (broad SMARTS) is 1. The average Bonchev–Trinajstić information content (AvgIpc) is 1.84. The summed E-state index contributed by atoms with van der Waals surface area (Å²) in [5, 5.41) is 8.52. The normalized spacial score (nSPS) is 12.9. The van der Waals surface area contributed by atoms with Gasteiger partial charge in [0.15, 0.2) is 0 Å². The number of allylic oxidation sites excluding steroid dienone is 2. The molecule has 12 heavy (non-hydrogen) atoms. The van der Waals surface area contributed by atoms with Crippen molar-refractivity contribution in [3.63, 3.8) is 0 Å². The van der Waals surface area contributed by atoms with Crippen LogP contribution in [0, 0.1) is 0 Å². The molecule has 3 nitrogen and oxygen atoms in total. The van der Waals surface area contributed by atoms with Gasteiger partial charge in [-0.05, 0) is 26.8 Å². The zero-order valence-electron chi connectivity index (χ0n) is 7.59. The van der Waals surface area contributed by atoms with E-state index in [2.05, 4.69) is 11.6 Å². The Balaban J connectivity index is 4.54. The van der Waals surface area contributed by atoms with Crippen LogP contribution in [-0.4, -0.2) is 16.8 Å². The summed E-state index contributed by atoms with van der Waals surface area (Å²) in [7, 11) is 0. The van der Waals surface area contributed by atoms with E-state index in [0.29, 0.717) is 11.4 Å². The standard InChI is InChI=1S/C9H13NO2/c1-6(2)10-8(4)5-7(3)9(11)12/h5H,1H2,2-4H3,(H,11,12)/b7-5+,10-8?. The zero-order valence-corrected chi connectivity index (χ0v) is 7.59. The van der Waals surface area contributed by atoms with Crippen LogP contribution in [0.2, 0.25) is 0 Å². The average molecular weight is 167 g/mol. The van der Waals surface area contributed by atoms with Crippen LogP contribution in [0.5, 0.6) is 0 Å². The fourth-order valence-corrected chi connectivity index (χ4v) is 0.708. The van der Waals surface area contributed by atoms with Crippen molar-refractivity contribution in [2.45, 2.75) is 20.8 Å². The molecule has 0 atom stereocenters. The van der Waals surface area contributed by atoms with Crippen molar-refractivity contribution in [2.75, 3.05) is 0 Å². The molecule has 0 rings (SSSR count). The van der Waals surface area contributed by atoms with Crippen LogP contribution in [0.4, 0.5) is 0 Å². The summed E-state index contributed by atoms with van der Waals surface area (Å²) in [6, 6.07) is 0. The van der Waals surface area contributed by atoms with Gasteiger partial charge in [0.2, 0.25) is 0 Å². The molecular weight excluding hydrogens is 154 g/mol. The Morgan fingerprint density at radius 2 is 1.92 bits per heavy atom. The van der Waals surface area contributed by atoms with Gasteiger partial charge in [0, 0.05) is 17.0 Å². The highest BCUT2D eigenvalue weighted by Gasteiger charge is 1.98. The number of carboxylic acids is 1. The van der Waals surface area contributed by atoms with E-state index in [9.17, 15) is 4.79 Å². The highest BCUT2D eigenvalue weighted by molar-refractivity contribution is 6.00. The molecule has 0 aliphatic rings. The van der Waals surface area contributed by atoms with E-state index in [0.717, 1.165) is 0 Å². The van der Waals surface area contributed by atoms with E-state index in [-0.39, 0.29) is 5.57 Å². The molecule has 0 bridgehead atoms. The first-order valence-electron chi connectivity index (χ1n) is 3.56. The summed E-state index contributed by atoms with van der Waals surface area (Å²) in [4.78, 5) is 14.4. The summed E-state index contributed by atoms with van der Waals surface area (Å²) < 4.78 is 0. The third kappa shape index (κ3) is 4.44. The third-order valence-electron chi connectivity index (χ3n) is 1.13. The first kappa shape index (κ1) is 10.6. The fraction of sp³-hybridized carbons (Fsp3) is 0.333. The number of aliphatic imine (C=N–C) groups is 1. The second-order valence-electron chi connectivity index (χ2n) is 2.62. The molecule has 0 aromatic heterocycles. The summed E-state index contributed by atoms with van der Waals surface area (Å²) in [5.41, 5.74) is 1.60. The van der Waals surface area contributed by atoms with Crippen LogP contribution in [-0.2, 0) is 4.79 Å². The quantitative estimate of drug-likeness (QED) is 0.516. The summed E-state index contributed by atoms with van der Waals surface area (Å²) >= 11 is 0. The van der Waals surface area contributed by atoms with E-state index in [1.165, 1.54) is 13.0 Å². The van der Waals surface area contributed by atoms with E-state index in [1.807, 2.05) is 0 Å². The van der Waals surface area contributed by atoms with Gasteiger partial charge in [-0.1, -0.05) is 6.58 Å².